The first-order valence-electron chi connectivity index (χ1n) is 8.54. The van der Waals surface area contributed by atoms with Crippen LogP contribution in [0.1, 0.15) is 11.4 Å². The van der Waals surface area contributed by atoms with Crippen LogP contribution < -0.4 is 4.90 Å². The molecular formula is C22H20ClN3. The zero-order chi connectivity index (χ0) is 18.3. The molecule has 0 fully saturated rings. The van der Waals surface area contributed by atoms with Crippen LogP contribution in [0.4, 0.5) is 5.69 Å². The van der Waals surface area contributed by atoms with Crippen molar-refractivity contribution in [3.05, 3.63) is 71.0 Å². The standard InChI is InChI=1S/C22H20ClN3/c1-25(2)20-12-8-15(17-6-4-5-7-18(17)20)9-13-22-24-19-11-10-16(23)14-21(19)26(22)3/h4-14H,1-3H3/b13-9+. The maximum Gasteiger partial charge on any atom is 0.133 e. The first-order valence-corrected chi connectivity index (χ1v) is 8.91. The average molecular weight is 362 g/mol. The lowest BCUT2D eigenvalue weighted by Crippen LogP contribution is -2.09. The van der Waals surface area contributed by atoms with Gasteiger partial charge in [0.25, 0.3) is 0 Å². The monoisotopic (exact) mass is 361 g/mol. The number of imidazole rings is 1. The van der Waals surface area contributed by atoms with Gasteiger partial charge in [0.15, 0.2) is 0 Å². The van der Waals surface area contributed by atoms with Crippen molar-refractivity contribution < 1.29 is 0 Å². The number of hydrogen-bond acceptors (Lipinski definition) is 2. The minimum atomic E-state index is 0.723. The molecule has 26 heavy (non-hydrogen) atoms. The number of aromatic nitrogens is 2. The highest BCUT2D eigenvalue weighted by atomic mass is 35.5. The molecule has 0 atom stereocenters. The zero-order valence-electron chi connectivity index (χ0n) is 15.1. The summed E-state index contributed by atoms with van der Waals surface area (Å²) in [5, 5.41) is 3.20. The van der Waals surface area contributed by atoms with Crippen molar-refractivity contribution in [2.45, 2.75) is 0 Å². The molecule has 0 N–H and O–H groups in total. The van der Waals surface area contributed by atoms with E-state index in [1.54, 1.807) is 0 Å². The summed E-state index contributed by atoms with van der Waals surface area (Å²) in [4.78, 5) is 6.85. The Bertz CT molecular complexity index is 1140. The number of fused-ring (bicyclic) bond motifs is 2. The Kier molecular flexibility index (Phi) is 4.17. The van der Waals surface area contributed by atoms with E-state index in [0.29, 0.717) is 0 Å². The van der Waals surface area contributed by atoms with Gasteiger partial charge in [-0.3, -0.25) is 0 Å². The quantitative estimate of drug-likeness (QED) is 0.472. The van der Waals surface area contributed by atoms with E-state index in [-0.39, 0.29) is 0 Å². The molecule has 3 nitrogen and oxygen atoms in total. The van der Waals surface area contributed by atoms with Gasteiger partial charge in [-0.2, -0.15) is 0 Å². The molecule has 1 heterocycles. The molecule has 3 aromatic carbocycles. The smallest absolute Gasteiger partial charge is 0.133 e. The molecule has 4 heteroatoms. The maximum absolute atomic E-state index is 6.12. The molecule has 0 radical (unpaired) electrons. The second-order valence-electron chi connectivity index (χ2n) is 6.61. The van der Waals surface area contributed by atoms with E-state index in [2.05, 4.69) is 72.1 Å². The largest absolute Gasteiger partial charge is 0.377 e. The summed E-state index contributed by atoms with van der Waals surface area (Å²) in [6.07, 6.45) is 4.19. The van der Waals surface area contributed by atoms with Crippen molar-refractivity contribution in [1.82, 2.24) is 9.55 Å². The minimum absolute atomic E-state index is 0.723. The van der Waals surface area contributed by atoms with Gasteiger partial charge in [0.2, 0.25) is 0 Å². The van der Waals surface area contributed by atoms with Crippen molar-refractivity contribution >= 4 is 51.2 Å². The number of rotatable bonds is 3. The van der Waals surface area contributed by atoms with Crippen LogP contribution in [-0.2, 0) is 7.05 Å². The zero-order valence-corrected chi connectivity index (χ0v) is 15.8. The molecule has 130 valence electrons. The first kappa shape index (κ1) is 16.7. The molecule has 4 aromatic rings. The van der Waals surface area contributed by atoms with Gasteiger partial charge in [-0.15, -0.1) is 0 Å². The summed E-state index contributed by atoms with van der Waals surface area (Å²) in [5.41, 5.74) is 4.38. The normalized spacial score (nSPS) is 11.7. The number of halogens is 1. The second kappa shape index (κ2) is 6.50. The summed E-state index contributed by atoms with van der Waals surface area (Å²) >= 11 is 6.12. The number of anilines is 1. The van der Waals surface area contributed by atoms with Crippen LogP contribution in [0.2, 0.25) is 5.02 Å². The van der Waals surface area contributed by atoms with Gasteiger partial charge in [0, 0.05) is 37.2 Å². The fraction of sp³-hybridized carbons (Fsp3) is 0.136. The molecule has 0 unspecified atom stereocenters. The third-order valence-corrected chi connectivity index (χ3v) is 4.94. The Morgan fingerprint density at radius 1 is 0.962 bits per heavy atom. The summed E-state index contributed by atoms with van der Waals surface area (Å²) in [6.45, 7) is 0. The van der Waals surface area contributed by atoms with Crippen LogP contribution >= 0.6 is 11.6 Å². The Labute approximate surface area is 158 Å². The second-order valence-corrected chi connectivity index (χ2v) is 7.05. The summed E-state index contributed by atoms with van der Waals surface area (Å²) in [5.74, 6) is 0.906. The lowest BCUT2D eigenvalue weighted by atomic mass is 10.0. The molecule has 0 amide bonds. The van der Waals surface area contributed by atoms with Gasteiger partial charge in [0.05, 0.1) is 11.0 Å². The predicted octanol–water partition coefficient (Wildman–Crippen LogP) is 5.62. The highest BCUT2D eigenvalue weighted by Gasteiger charge is 2.08. The van der Waals surface area contributed by atoms with Crippen molar-refractivity contribution in [2.24, 2.45) is 7.05 Å². The van der Waals surface area contributed by atoms with E-state index in [4.69, 9.17) is 16.6 Å². The van der Waals surface area contributed by atoms with E-state index in [1.165, 1.54) is 22.0 Å². The van der Waals surface area contributed by atoms with E-state index >= 15 is 0 Å². The van der Waals surface area contributed by atoms with Crippen LogP contribution in [0.15, 0.2) is 54.6 Å². The molecular weight excluding hydrogens is 342 g/mol. The third-order valence-electron chi connectivity index (χ3n) is 4.71. The molecule has 0 saturated heterocycles. The molecule has 0 aliphatic heterocycles. The number of nitrogens with zero attached hydrogens (tertiary/aromatic N) is 3. The van der Waals surface area contributed by atoms with Crippen molar-refractivity contribution in [3.63, 3.8) is 0 Å². The van der Waals surface area contributed by atoms with E-state index in [0.717, 1.165) is 21.9 Å². The summed E-state index contributed by atoms with van der Waals surface area (Å²) < 4.78 is 2.06. The SMILES string of the molecule is CN(C)c1ccc(/C=C/c2nc3ccc(Cl)cc3n2C)c2ccccc12. The lowest BCUT2D eigenvalue weighted by Gasteiger charge is -2.16. The molecule has 0 spiro atoms. The molecule has 0 aliphatic carbocycles. The maximum atomic E-state index is 6.12. The van der Waals surface area contributed by atoms with Gasteiger partial charge in [-0.05, 0) is 41.3 Å². The van der Waals surface area contributed by atoms with Crippen molar-refractivity contribution in [2.75, 3.05) is 19.0 Å². The van der Waals surface area contributed by atoms with Crippen LogP contribution in [0, 0.1) is 0 Å². The Hall–Kier alpha value is -2.78. The van der Waals surface area contributed by atoms with Gasteiger partial charge < -0.3 is 9.47 Å². The highest BCUT2D eigenvalue weighted by molar-refractivity contribution is 6.31. The third kappa shape index (κ3) is 2.85. The number of aryl methyl sites for hydroxylation is 1. The number of hydrogen-bond donors (Lipinski definition) is 0. The summed E-state index contributed by atoms with van der Waals surface area (Å²) in [7, 11) is 6.16. The predicted molar refractivity (Wildman–Crippen MR) is 113 cm³/mol. The van der Waals surface area contributed by atoms with Gasteiger partial charge in [-0.1, -0.05) is 48.0 Å². The first-order chi connectivity index (χ1) is 12.5. The summed E-state index contributed by atoms with van der Waals surface area (Å²) in [6, 6.07) is 18.6. The van der Waals surface area contributed by atoms with Crippen LogP contribution in [0.5, 0.6) is 0 Å². The molecule has 0 bridgehead atoms. The van der Waals surface area contributed by atoms with Gasteiger partial charge in [0.1, 0.15) is 5.82 Å². The van der Waals surface area contributed by atoms with Gasteiger partial charge in [-0.25, -0.2) is 4.98 Å². The number of benzene rings is 3. The van der Waals surface area contributed by atoms with Crippen LogP contribution in [-0.4, -0.2) is 23.6 Å². The average Bonchev–Trinajstić information content (AvgIpc) is 2.95. The Morgan fingerprint density at radius 2 is 1.73 bits per heavy atom. The molecule has 0 saturated carbocycles. The van der Waals surface area contributed by atoms with E-state index in [9.17, 15) is 0 Å². The molecule has 0 aliphatic rings. The molecule has 4 rings (SSSR count). The minimum Gasteiger partial charge on any atom is -0.377 e. The topological polar surface area (TPSA) is 21.1 Å². The van der Waals surface area contributed by atoms with E-state index in [1.807, 2.05) is 25.2 Å². The lowest BCUT2D eigenvalue weighted by molar-refractivity contribution is 0.930. The van der Waals surface area contributed by atoms with E-state index < -0.39 is 0 Å². The van der Waals surface area contributed by atoms with Crippen molar-refractivity contribution in [3.8, 4) is 0 Å². The van der Waals surface area contributed by atoms with Crippen LogP contribution in [0.25, 0.3) is 34.0 Å². The van der Waals surface area contributed by atoms with Crippen molar-refractivity contribution in [1.29, 1.82) is 0 Å². The van der Waals surface area contributed by atoms with Gasteiger partial charge >= 0.3 is 0 Å². The molecule has 1 aromatic heterocycles. The van der Waals surface area contributed by atoms with Crippen LogP contribution in [0.3, 0.4) is 0 Å². The fourth-order valence-electron chi connectivity index (χ4n) is 3.34. The Morgan fingerprint density at radius 3 is 2.50 bits per heavy atom. The fourth-order valence-corrected chi connectivity index (χ4v) is 3.50. The highest BCUT2D eigenvalue weighted by Crippen LogP contribution is 2.29. The Balaban J connectivity index is 1.81.